The van der Waals surface area contributed by atoms with Crippen LogP contribution in [0.2, 0.25) is 0 Å². The summed E-state index contributed by atoms with van der Waals surface area (Å²) in [7, 11) is 1.39. The van der Waals surface area contributed by atoms with Crippen LogP contribution in [0.3, 0.4) is 0 Å². The van der Waals surface area contributed by atoms with Crippen LogP contribution in [0.1, 0.15) is 17.5 Å². The quantitative estimate of drug-likeness (QED) is 0.368. The molecule has 1 aliphatic heterocycles. The van der Waals surface area contributed by atoms with E-state index in [1.807, 2.05) is 0 Å². The summed E-state index contributed by atoms with van der Waals surface area (Å²) in [5.41, 5.74) is 0.862. The molecule has 0 aliphatic carbocycles. The van der Waals surface area contributed by atoms with Gasteiger partial charge in [0.1, 0.15) is 13.2 Å². The summed E-state index contributed by atoms with van der Waals surface area (Å²) in [5, 5.41) is 42.2. The van der Waals surface area contributed by atoms with Crippen molar-refractivity contribution in [3.63, 3.8) is 0 Å². The Hall–Kier alpha value is -4.30. The molecule has 1 heterocycles. The molecule has 1 aliphatic rings. The average molecular weight is 518 g/mol. The average Bonchev–Trinajstić information content (AvgIpc) is 3.28. The lowest BCUT2D eigenvalue weighted by Gasteiger charge is -2.30. The molecule has 3 atom stereocenters. The summed E-state index contributed by atoms with van der Waals surface area (Å²) < 4.78 is 10.4. The van der Waals surface area contributed by atoms with Crippen LogP contribution >= 0.6 is 0 Å². The van der Waals surface area contributed by atoms with E-state index in [1.165, 1.54) is 60.5 Å². The Morgan fingerprint density at radius 1 is 1.00 bits per heavy atom. The molecule has 1 fully saturated rings. The van der Waals surface area contributed by atoms with Gasteiger partial charge in [0.05, 0.1) is 41.2 Å². The topological polar surface area (TPSA) is 186 Å². The number of nitro groups is 2. The maximum absolute atomic E-state index is 12.6. The number of likely N-dealkylation sites (tertiary alicyclic amines) is 1. The second-order valence-electron chi connectivity index (χ2n) is 8.51. The van der Waals surface area contributed by atoms with E-state index >= 15 is 0 Å². The van der Waals surface area contributed by atoms with Crippen LogP contribution in [0.4, 0.5) is 21.0 Å². The number of aliphatic hydroxyl groups excluding tert-OH is 2. The van der Waals surface area contributed by atoms with E-state index in [2.05, 4.69) is 0 Å². The van der Waals surface area contributed by atoms with Crippen LogP contribution in [0.5, 0.6) is 0 Å². The van der Waals surface area contributed by atoms with Crippen LogP contribution in [0.25, 0.3) is 0 Å². The summed E-state index contributed by atoms with van der Waals surface area (Å²) in [6, 6.07) is 10.1. The normalized spacial score (nSPS) is 17.6. The first kappa shape index (κ1) is 27.3. The predicted octanol–water partition coefficient (Wildman–Crippen LogP) is 2.20. The number of nitrogens with zero attached hydrogens (tertiary/aromatic N) is 4. The zero-order valence-corrected chi connectivity index (χ0v) is 19.8. The lowest BCUT2D eigenvalue weighted by Crippen LogP contribution is -2.48. The van der Waals surface area contributed by atoms with Crippen molar-refractivity contribution in [2.45, 2.75) is 37.9 Å². The van der Waals surface area contributed by atoms with E-state index in [4.69, 9.17) is 9.47 Å². The number of ether oxygens (including phenoxy) is 2. The molecule has 37 heavy (non-hydrogen) atoms. The number of aliphatic hydroxyl groups is 2. The Bertz CT molecular complexity index is 1130. The lowest BCUT2D eigenvalue weighted by molar-refractivity contribution is -0.385. The number of benzene rings is 2. The lowest BCUT2D eigenvalue weighted by atomic mass is 10.1. The smallest absolute Gasteiger partial charge is 0.410 e. The molecular weight excluding hydrogens is 492 g/mol. The Kier molecular flexibility index (Phi) is 8.92. The number of nitro benzene ring substituents is 2. The third kappa shape index (κ3) is 7.35. The molecule has 1 unspecified atom stereocenters. The monoisotopic (exact) mass is 518 g/mol. The Balaban J connectivity index is 1.51. The molecule has 0 spiro atoms. The van der Waals surface area contributed by atoms with Crippen molar-refractivity contribution in [3.8, 4) is 0 Å². The van der Waals surface area contributed by atoms with Gasteiger partial charge in [0, 0.05) is 31.3 Å². The third-order valence-corrected chi connectivity index (χ3v) is 5.79. The van der Waals surface area contributed by atoms with Gasteiger partial charge in [0.25, 0.3) is 11.4 Å². The fourth-order valence-electron chi connectivity index (χ4n) is 3.81. The number of amides is 2. The SMILES string of the molecule is CN(CC(O)[C@@H]1C[C@@H](O)CN1C(=O)OCc1ccc([N+](=O)[O-])cc1)C(=O)OCc1ccc([N+](=O)[O-])cc1. The molecule has 0 bridgehead atoms. The molecule has 2 aromatic carbocycles. The second kappa shape index (κ2) is 12.1. The number of hydrogen-bond donors (Lipinski definition) is 2. The van der Waals surface area contributed by atoms with Gasteiger partial charge in [0.15, 0.2) is 0 Å². The molecule has 1 saturated heterocycles. The highest BCUT2D eigenvalue weighted by molar-refractivity contribution is 5.69. The van der Waals surface area contributed by atoms with Crippen molar-refractivity contribution < 1.29 is 39.1 Å². The van der Waals surface area contributed by atoms with Crippen LogP contribution in [0.15, 0.2) is 48.5 Å². The number of hydrogen-bond acceptors (Lipinski definition) is 10. The van der Waals surface area contributed by atoms with Crippen molar-refractivity contribution >= 4 is 23.6 Å². The van der Waals surface area contributed by atoms with Gasteiger partial charge in [-0.1, -0.05) is 0 Å². The molecular formula is C23H26N4O10. The van der Waals surface area contributed by atoms with Gasteiger partial charge < -0.3 is 24.6 Å². The molecule has 0 aromatic heterocycles. The van der Waals surface area contributed by atoms with Crippen molar-refractivity contribution in [3.05, 3.63) is 79.9 Å². The second-order valence-corrected chi connectivity index (χ2v) is 8.51. The minimum Gasteiger partial charge on any atom is -0.445 e. The summed E-state index contributed by atoms with van der Waals surface area (Å²) in [5.74, 6) is 0. The van der Waals surface area contributed by atoms with Gasteiger partial charge in [-0.25, -0.2) is 9.59 Å². The van der Waals surface area contributed by atoms with Crippen molar-refractivity contribution in [2.24, 2.45) is 0 Å². The number of likely N-dealkylation sites (N-methyl/N-ethyl adjacent to an activating group) is 1. The fourth-order valence-corrected chi connectivity index (χ4v) is 3.81. The van der Waals surface area contributed by atoms with Gasteiger partial charge in [-0.3, -0.25) is 25.1 Å². The largest absolute Gasteiger partial charge is 0.445 e. The first-order valence-corrected chi connectivity index (χ1v) is 11.2. The maximum atomic E-state index is 12.6. The minimum absolute atomic E-state index is 0.0689. The van der Waals surface area contributed by atoms with Gasteiger partial charge in [-0.15, -0.1) is 0 Å². The Labute approximate surface area is 210 Å². The molecule has 0 saturated carbocycles. The van der Waals surface area contributed by atoms with Crippen LogP contribution in [-0.2, 0) is 22.7 Å². The molecule has 14 heteroatoms. The standard InChI is InChI=1S/C23H26N4O10/c1-24(22(30)36-13-15-2-6-17(7-3-15)26(32)33)12-21(29)20-10-19(28)11-25(20)23(31)37-14-16-4-8-18(9-5-16)27(34)35/h2-9,19-21,28-29H,10-14H2,1H3/t19-,20+,21?/m1/s1. The van der Waals surface area contributed by atoms with Crippen molar-refractivity contribution in [1.82, 2.24) is 9.80 Å². The molecule has 14 nitrogen and oxygen atoms in total. The summed E-state index contributed by atoms with van der Waals surface area (Å²) in [6.45, 7) is -0.584. The zero-order valence-electron chi connectivity index (χ0n) is 19.8. The Morgan fingerprint density at radius 2 is 1.49 bits per heavy atom. The van der Waals surface area contributed by atoms with Crippen molar-refractivity contribution in [2.75, 3.05) is 20.1 Å². The number of β-amino-alcohol motifs (C(OH)–C–C–N with tert-alkyl or cyclic N) is 1. The predicted molar refractivity (Wildman–Crippen MR) is 126 cm³/mol. The van der Waals surface area contributed by atoms with Crippen molar-refractivity contribution in [1.29, 1.82) is 0 Å². The first-order valence-electron chi connectivity index (χ1n) is 11.2. The highest BCUT2D eigenvalue weighted by Crippen LogP contribution is 2.23. The van der Waals surface area contributed by atoms with Crippen LogP contribution < -0.4 is 0 Å². The van der Waals surface area contributed by atoms with E-state index in [9.17, 15) is 40.0 Å². The number of rotatable bonds is 9. The summed E-state index contributed by atoms with van der Waals surface area (Å²) >= 11 is 0. The minimum atomic E-state index is -1.22. The zero-order chi connectivity index (χ0) is 27.1. The molecule has 0 radical (unpaired) electrons. The van der Waals surface area contributed by atoms with E-state index < -0.39 is 40.3 Å². The molecule has 2 amide bonds. The number of carbonyl (C=O) groups excluding carboxylic acids is 2. The summed E-state index contributed by atoms with van der Waals surface area (Å²) in [4.78, 5) is 47.6. The highest BCUT2D eigenvalue weighted by Gasteiger charge is 2.40. The summed E-state index contributed by atoms with van der Waals surface area (Å²) in [6.07, 6.45) is -3.60. The van der Waals surface area contributed by atoms with Gasteiger partial charge in [0.2, 0.25) is 0 Å². The van der Waals surface area contributed by atoms with Gasteiger partial charge in [-0.2, -0.15) is 0 Å². The van der Waals surface area contributed by atoms with Gasteiger partial charge >= 0.3 is 12.2 Å². The first-order chi connectivity index (χ1) is 17.5. The highest BCUT2D eigenvalue weighted by atomic mass is 16.6. The Morgan fingerprint density at radius 3 is 1.97 bits per heavy atom. The third-order valence-electron chi connectivity index (χ3n) is 5.79. The van der Waals surface area contributed by atoms with E-state index in [0.717, 1.165) is 4.90 Å². The van der Waals surface area contributed by atoms with Crippen LogP contribution in [0, 0.1) is 20.2 Å². The molecule has 198 valence electrons. The van der Waals surface area contributed by atoms with Gasteiger partial charge in [-0.05, 0) is 41.8 Å². The molecule has 2 N–H and O–H groups in total. The van der Waals surface area contributed by atoms with E-state index in [0.29, 0.717) is 11.1 Å². The number of carbonyl (C=O) groups is 2. The van der Waals surface area contributed by atoms with Crippen LogP contribution in [-0.4, -0.2) is 80.4 Å². The molecule has 2 aromatic rings. The van der Waals surface area contributed by atoms with E-state index in [1.54, 1.807) is 0 Å². The maximum Gasteiger partial charge on any atom is 0.410 e. The molecule has 3 rings (SSSR count). The number of non-ortho nitro benzene ring substituents is 2. The fraction of sp³-hybridized carbons (Fsp3) is 0.391. The van der Waals surface area contributed by atoms with E-state index in [-0.39, 0.29) is 44.1 Å².